The molecule has 1 nitrogen and oxygen atoms in total. The van der Waals surface area contributed by atoms with E-state index in [1.165, 1.54) is 25.7 Å². The highest BCUT2D eigenvalue weighted by atomic mass is 19.1. The molecule has 0 spiro atoms. The Morgan fingerprint density at radius 2 is 2.00 bits per heavy atom. The van der Waals surface area contributed by atoms with Crippen molar-refractivity contribution in [3.05, 3.63) is 35.6 Å². The molecular weight excluding hydrogens is 237 g/mol. The first-order chi connectivity index (χ1) is 9.22. The molecule has 0 unspecified atom stereocenters. The molecule has 3 rings (SSSR count). The van der Waals surface area contributed by atoms with Crippen molar-refractivity contribution >= 4 is 0 Å². The summed E-state index contributed by atoms with van der Waals surface area (Å²) in [6, 6.07) is 7.84. The molecule has 2 aliphatic rings. The number of hydrogen-bond donors (Lipinski definition) is 1. The van der Waals surface area contributed by atoms with Gasteiger partial charge < -0.3 is 5.32 Å². The highest BCUT2D eigenvalue weighted by molar-refractivity contribution is 5.24. The fourth-order valence-electron chi connectivity index (χ4n) is 3.54. The van der Waals surface area contributed by atoms with E-state index < -0.39 is 0 Å². The second-order valence-corrected chi connectivity index (χ2v) is 6.47. The third-order valence-electron chi connectivity index (χ3n) is 5.41. The number of hydrogen-bond acceptors (Lipinski definition) is 1. The minimum Gasteiger partial charge on any atom is -0.313 e. The molecule has 0 amide bonds. The molecule has 2 heteroatoms. The van der Waals surface area contributed by atoms with Gasteiger partial charge >= 0.3 is 0 Å². The van der Waals surface area contributed by atoms with E-state index in [4.69, 9.17) is 0 Å². The van der Waals surface area contributed by atoms with E-state index in [9.17, 15) is 4.39 Å². The lowest BCUT2D eigenvalue weighted by atomic mass is 9.66. The summed E-state index contributed by atoms with van der Waals surface area (Å²) in [7, 11) is 0. The first kappa shape index (κ1) is 13.1. The van der Waals surface area contributed by atoms with E-state index in [-0.39, 0.29) is 5.82 Å². The molecule has 0 heterocycles. The first-order valence-electron chi connectivity index (χ1n) is 7.70. The minimum atomic E-state index is -0.0324. The largest absolute Gasteiger partial charge is 0.313 e. The predicted octanol–water partition coefficient (Wildman–Crippen LogP) is 4.24. The van der Waals surface area contributed by atoms with Gasteiger partial charge in [0.15, 0.2) is 0 Å². The Kier molecular flexibility index (Phi) is 3.62. The minimum absolute atomic E-state index is 0.0324. The molecule has 0 radical (unpaired) electrons. The van der Waals surface area contributed by atoms with Crippen LogP contribution < -0.4 is 5.32 Å². The first-order valence-corrected chi connectivity index (χ1v) is 7.70. The molecular formula is C17H24FN. The Balaban J connectivity index is 1.47. The van der Waals surface area contributed by atoms with Gasteiger partial charge in [0.25, 0.3) is 0 Å². The molecule has 0 atom stereocenters. The lowest BCUT2D eigenvalue weighted by Gasteiger charge is -2.45. The molecule has 1 aromatic carbocycles. The van der Waals surface area contributed by atoms with Crippen molar-refractivity contribution in [2.24, 2.45) is 5.41 Å². The number of benzene rings is 1. The Morgan fingerprint density at radius 3 is 2.58 bits per heavy atom. The zero-order valence-electron chi connectivity index (χ0n) is 11.8. The summed E-state index contributed by atoms with van der Waals surface area (Å²) in [6.07, 6.45) is 7.67. The van der Waals surface area contributed by atoms with E-state index in [1.807, 2.05) is 12.1 Å². The Hall–Kier alpha value is -0.890. The van der Waals surface area contributed by atoms with Gasteiger partial charge in [-0.25, -0.2) is 4.39 Å². The van der Waals surface area contributed by atoms with Crippen molar-refractivity contribution in [1.29, 1.82) is 0 Å². The fourth-order valence-corrected chi connectivity index (χ4v) is 3.54. The quantitative estimate of drug-likeness (QED) is 0.836. The van der Waals surface area contributed by atoms with E-state index in [0.717, 1.165) is 24.9 Å². The van der Waals surface area contributed by atoms with Crippen LogP contribution in [0.5, 0.6) is 0 Å². The Morgan fingerprint density at radius 1 is 1.26 bits per heavy atom. The second kappa shape index (κ2) is 5.24. The molecule has 0 saturated heterocycles. The highest BCUT2D eigenvalue weighted by Gasteiger charge is 2.37. The summed E-state index contributed by atoms with van der Waals surface area (Å²) >= 11 is 0. The molecule has 1 N–H and O–H groups in total. The maximum atomic E-state index is 13.7. The Labute approximate surface area is 115 Å². The summed E-state index contributed by atoms with van der Waals surface area (Å²) in [6.45, 7) is 3.47. The van der Waals surface area contributed by atoms with E-state index in [0.29, 0.717) is 17.4 Å². The SMILES string of the molecule is CCC1(CNC2CC(c3ccccc3F)C2)CCC1. The van der Waals surface area contributed by atoms with E-state index >= 15 is 0 Å². The van der Waals surface area contributed by atoms with Crippen LogP contribution >= 0.6 is 0 Å². The zero-order chi connectivity index (χ0) is 13.3. The van der Waals surface area contributed by atoms with Crippen LogP contribution in [0.15, 0.2) is 24.3 Å². The summed E-state index contributed by atoms with van der Waals surface area (Å²) in [4.78, 5) is 0. The molecule has 0 aliphatic heterocycles. The zero-order valence-corrected chi connectivity index (χ0v) is 11.8. The number of nitrogens with one attached hydrogen (secondary N) is 1. The van der Waals surface area contributed by atoms with Gasteiger partial charge in [-0.15, -0.1) is 0 Å². The van der Waals surface area contributed by atoms with Gasteiger partial charge in [-0.05, 0) is 55.1 Å². The molecule has 1 aromatic rings. The van der Waals surface area contributed by atoms with Crippen LogP contribution in [0.1, 0.15) is 56.9 Å². The lowest BCUT2D eigenvalue weighted by Crippen LogP contribution is -2.47. The van der Waals surface area contributed by atoms with Crippen LogP contribution in [0.25, 0.3) is 0 Å². The van der Waals surface area contributed by atoms with Gasteiger partial charge in [-0.3, -0.25) is 0 Å². The van der Waals surface area contributed by atoms with Crippen LogP contribution in [-0.2, 0) is 0 Å². The third-order valence-corrected chi connectivity index (χ3v) is 5.41. The molecule has 19 heavy (non-hydrogen) atoms. The highest BCUT2D eigenvalue weighted by Crippen LogP contribution is 2.44. The summed E-state index contributed by atoms with van der Waals surface area (Å²) in [5, 5.41) is 3.71. The van der Waals surface area contributed by atoms with Crippen LogP contribution in [0, 0.1) is 11.2 Å². The van der Waals surface area contributed by atoms with Crippen LogP contribution in [0.2, 0.25) is 0 Å². The van der Waals surface area contributed by atoms with Crippen molar-refractivity contribution in [2.75, 3.05) is 6.54 Å². The lowest BCUT2D eigenvalue weighted by molar-refractivity contribution is 0.109. The van der Waals surface area contributed by atoms with Crippen molar-refractivity contribution < 1.29 is 4.39 Å². The van der Waals surface area contributed by atoms with Crippen molar-refractivity contribution in [3.63, 3.8) is 0 Å². The molecule has 0 bridgehead atoms. The average molecular weight is 261 g/mol. The second-order valence-electron chi connectivity index (χ2n) is 6.47. The standard InChI is InChI=1S/C17H24FN/c1-2-17(8-5-9-17)12-19-14-10-13(11-14)15-6-3-4-7-16(15)18/h3-4,6-7,13-14,19H,2,5,8-12H2,1H3. The molecule has 2 aliphatic carbocycles. The smallest absolute Gasteiger partial charge is 0.126 e. The molecule has 2 fully saturated rings. The van der Waals surface area contributed by atoms with E-state index in [2.05, 4.69) is 12.2 Å². The summed E-state index contributed by atoms with van der Waals surface area (Å²) in [5.74, 6) is 0.396. The fraction of sp³-hybridized carbons (Fsp3) is 0.647. The monoisotopic (exact) mass is 261 g/mol. The third kappa shape index (κ3) is 2.55. The van der Waals surface area contributed by atoms with Crippen molar-refractivity contribution in [3.8, 4) is 0 Å². The number of halogens is 1. The van der Waals surface area contributed by atoms with Crippen LogP contribution in [0.4, 0.5) is 4.39 Å². The maximum Gasteiger partial charge on any atom is 0.126 e. The number of rotatable bonds is 5. The average Bonchev–Trinajstić information content (AvgIpc) is 2.32. The molecule has 2 saturated carbocycles. The van der Waals surface area contributed by atoms with Crippen molar-refractivity contribution in [1.82, 2.24) is 5.32 Å². The topological polar surface area (TPSA) is 12.0 Å². The maximum absolute atomic E-state index is 13.7. The molecule has 0 aromatic heterocycles. The van der Waals surface area contributed by atoms with Gasteiger partial charge in [-0.2, -0.15) is 0 Å². The van der Waals surface area contributed by atoms with Crippen LogP contribution in [-0.4, -0.2) is 12.6 Å². The summed E-state index contributed by atoms with van der Waals surface area (Å²) in [5.41, 5.74) is 1.50. The van der Waals surface area contributed by atoms with Gasteiger partial charge in [0.05, 0.1) is 0 Å². The van der Waals surface area contributed by atoms with Gasteiger partial charge in [0, 0.05) is 12.6 Å². The van der Waals surface area contributed by atoms with Crippen molar-refractivity contribution in [2.45, 2.75) is 57.4 Å². The van der Waals surface area contributed by atoms with Gasteiger partial charge in [-0.1, -0.05) is 31.5 Å². The molecule has 104 valence electrons. The van der Waals surface area contributed by atoms with Crippen LogP contribution in [0.3, 0.4) is 0 Å². The van der Waals surface area contributed by atoms with E-state index in [1.54, 1.807) is 12.1 Å². The normalized spacial score (nSPS) is 28.5. The Bertz CT molecular complexity index is 427. The van der Waals surface area contributed by atoms with Gasteiger partial charge in [0.2, 0.25) is 0 Å². The van der Waals surface area contributed by atoms with Gasteiger partial charge in [0.1, 0.15) is 5.82 Å². The summed E-state index contributed by atoms with van der Waals surface area (Å²) < 4.78 is 13.7. The predicted molar refractivity (Wildman–Crippen MR) is 76.7 cm³/mol.